The first-order valence-electron chi connectivity index (χ1n) is 15.1. The summed E-state index contributed by atoms with van der Waals surface area (Å²) in [5.41, 5.74) is 10.2. The molecule has 1 aliphatic heterocycles. The molecule has 0 saturated heterocycles. The van der Waals surface area contributed by atoms with Gasteiger partial charge in [0.25, 0.3) is 0 Å². The number of fused-ring (bicyclic) bond motifs is 6. The van der Waals surface area contributed by atoms with E-state index in [4.69, 9.17) is 14.7 Å². The van der Waals surface area contributed by atoms with Crippen LogP contribution in [0.5, 0.6) is 11.5 Å². The Morgan fingerprint density at radius 2 is 1.49 bits per heavy atom. The van der Waals surface area contributed by atoms with Crippen molar-refractivity contribution in [2.75, 3.05) is 7.11 Å². The number of rotatable bonds is 5. The molecule has 0 spiro atoms. The quantitative estimate of drug-likeness (QED) is 0.208. The Morgan fingerprint density at radius 1 is 0.800 bits per heavy atom. The van der Waals surface area contributed by atoms with Crippen LogP contribution in [0.15, 0.2) is 113 Å². The van der Waals surface area contributed by atoms with Gasteiger partial charge >= 0.3 is 7.40 Å². The fourth-order valence-corrected chi connectivity index (χ4v) is 7.08. The average Bonchev–Trinajstić information content (AvgIpc) is 3.60. The monoisotopic (exact) mass is 595 g/mol. The zero-order valence-electron chi connectivity index (χ0n) is 24.6. The van der Waals surface area contributed by atoms with Crippen molar-refractivity contribution in [3.05, 3.63) is 130 Å². The van der Waals surface area contributed by atoms with Gasteiger partial charge in [-0.2, -0.15) is 0 Å². The molecule has 2 aliphatic carbocycles. The highest BCUT2D eigenvalue weighted by Crippen LogP contribution is 2.49. The number of aromatic hydroxyl groups is 1. The number of phenols is 1. The molecule has 220 valence electrons. The first-order chi connectivity index (χ1) is 22.0. The van der Waals surface area contributed by atoms with E-state index in [1.54, 1.807) is 19.2 Å². The summed E-state index contributed by atoms with van der Waals surface area (Å²) >= 11 is 0. The smallest absolute Gasteiger partial charge is 0.508 e. The summed E-state index contributed by atoms with van der Waals surface area (Å²) in [6.07, 6.45) is 2.73. The number of benzene rings is 4. The summed E-state index contributed by atoms with van der Waals surface area (Å²) < 4.78 is 37.4. The van der Waals surface area contributed by atoms with E-state index in [-0.39, 0.29) is 11.6 Å². The van der Waals surface area contributed by atoms with Gasteiger partial charge in [-0.05, 0) is 95.5 Å². The summed E-state index contributed by atoms with van der Waals surface area (Å²) in [5, 5.41) is 10.1. The molecule has 1 aromatic heterocycles. The zero-order chi connectivity index (χ0) is 30.7. The summed E-state index contributed by atoms with van der Waals surface area (Å²) in [4.78, 5) is 10.2. The van der Waals surface area contributed by atoms with Crippen LogP contribution in [-0.2, 0) is 19.3 Å². The molecule has 1 N–H and O–H groups in total. The zero-order valence-corrected chi connectivity index (χ0v) is 24.6. The van der Waals surface area contributed by atoms with Crippen LogP contribution in [0.2, 0.25) is 0 Å². The van der Waals surface area contributed by atoms with Crippen molar-refractivity contribution in [1.82, 2.24) is 4.48 Å². The molecular formula is C37H28BF2N3O2. The van der Waals surface area contributed by atoms with Crippen LogP contribution >= 0.6 is 0 Å². The van der Waals surface area contributed by atoms with Crippen molar-refractivity contribution in [3.63, 3.8) is 0 Å². The number of aromatic nitrogens is 1. The van der Waals surface area contributed by atoms with Crippen molar-refractivity contribution >= 4 is 30.3 Å². The van der Waals surface area contributed by atoms with E-state index in [2.05, 4.69) is 0 Å². The van der Waals surface area contributed by atoms with Crippen LogP contribution in [0.4, 0.5) is 14.4 Å². The predicted molar refractivity (Wildman–Crippen MR) is 176 cm³/mol. The van der Waals surface area contributed by atoms with Crippen molar-refractivity contribution < 1.29 is 18.5 Å². The van der Waals surface area contributed by atoms with E-state index in [1.165, 1.54) is 0 Å². The fraction of sp³-hybridized carbons (Fsp3) is 0.135. The number of halogens is 2. The number of aryl methyl sites for hydroxylation is 2. The van der Waals surface area contributed by atoms with Gasteiger partial charge in [0.1, 0.15) is 17.3 Å². The van der Waals surface area contributed by atoms with Gasteiger partial charge in [-0.3, -0.25) is 8.63 Å². The van der Waals surface area contributed by atoms with Gasteiger partial charge in [-0.25, -0.2) is 9.98 Å². The minimum absolute atomic E-state index is 0.197. The minimum atomic E-state index is -2.84. The fourth-order valence-electron chi connectivity index (χ4n) is 7.08. The second kappa shape index (κ2) is 10.7. The molecule has 8 heteroatoms. The largest absolute Gasteiger partial charge is 0.679 e. The molecule has 5 aromatic rings. The summed E-state index contributed by atoms with van der Waals surface area (Å²) in [5.74, 6) is 1.52. The highest BCUT2D eigenvalue weighted by atomic mass is 19.2. The van der Waals surface area contributed by atoms with Crippen LogP contribution in [0.1, 0.15) is 34.2 Å². The Labute approximate surface area is 260 Å². The molecule has 8 rings (SSSR count). The van der Waals surface area contributed by atoms with Gasteiger partial charge in [0.05, 0.1) is 12.8 Å². The molecule has 0 radical (unpaired) electrons. The second-order valence-electron chi connectivity index (χ2n) is 11.5. The average molecular weight is 595 g/mol. The first-order valence-corrected chi connectivity index (χ1v) is 15.1. The van der Waals surface area contributed by atoms with E-state index in [9.17, 15) is 5.11 Å². The van der Waals surface area contributed by atoms with Gasteiger partial charge in [0.15, 0.2) is 5.84 Å². The number of hydrogen-bond donors (Lipinski definition) is 1. The van der Waals surface area contributed by atoms with E-state index in [1.807, 2.05) is 84.9 Å². The van der Waals surface area contributed by atoms with Crippen molar-refractivity contribution in [2.24, 2.45) is 9.98 Å². The number of ether oxygens (including phenoxy) is 1. The number of methoxy groups -OCH3 is 1. The number of amidine groups is 1. The maximum atomic E-state index is 15.4. The number of nitrogens with zero attached hydrogens (tertiary/aromatic N) is 3. The maximum Gasteiger partial charge on any atom is 0.679 e. The molecule has 0 bridgehead atoms. The van der Waals surface area contributed by atoms with Gasteiger partial charge in [0.2, 0.25) is 0 Å². The summed E-state index contributed by atoms with van der Waals surface area (Å²) in [6.45, 7) is 0. The molecule has 4 aromatic carbocycles. The lowest BCUT2D eigenvalue weighted by molar-refractivity contribution is 0.414. The highest BCUT2D eigenvalue weighted by molar-refractivity contribution is 6.44. The molecule has 2 heterocycles. The molecule has 0 unspecified atom stereocenters. The molecular weight excluding hydrogens is 567 g/mol. The third-order valence-electron chi connectivity index (χ3n) is 9.04. The Hall–Kier alpha value is -5.24. The summed E-state index contributed by atoms with van der Waals surface area (Å²) in [6, 6.07) is 30.6. The van der Waals surface area contributed by atoms with Crippen LogP contribution < -0.4 is 4.74 Å². The Bertz CT molecular complexity index is 2080. The molecule has 3 aliphatic rings. The maximum absolute atomic E-state index is 15.4. The molecule has 45 heavy (non-hydrogen) atoms. The van der Waals surface area contributed by atoms with Crippen LogP contribution in [0, 0.1) is 0 Å². The first kappa shape index (κ1) is 27.3. The van der Waals surface area contributed by atoms with Gasteiger partial charge in [0, 0.05) is 28.0 Å². The van der Waals surface area contributed by atoms with Crippen LogP contribution in [0.3, 0.4) is 0 Å². The lowest BCUT2D eigenvalue weighted by Crippen LogP contribution is -2.16. The van der Waals surface area contributed by atoms with E-state index in [0.29, 0.717) is 42.1 Å². The normalized spacial score (nSPS) is 15.7. The highest BCUT2D eigenvalue weighted by Gasteiger charge is 2.37. The SMILES string of the molecule is COc1ccc2c(c1)CCc1c(-c3ccccc3)c(/N=C3\N=C4C(=C3c3ccccc3)CCc3cc(O)ccc34)n(B(F)F)c1-2. The second-order valence-corrected chi connectivity index (χ2v) is 11.5. The van der Waals surface area contributed by atoms with Crippen LogP contribution in [-0.4, -0.2) is 35.6 Å². The van der Waals surface area contributed by atoms with Crippen molar-refractivity contribution in [3.8, 4) is 33.9 Å². The van der Waals surface area contributed by atoms with E-state index in [0.717, 1.165) is 66.7 Å². The standard InChI is InChI=1S/C37H28BF2N3O2/c1-45-27-15-19-29-25(21-27)13-17-31-33(23-10-6-3-7-11-23)37(43(35(29)31)38(39)40)42-36-32(22-8-4-2-5-9-22)30-16-12-24-20-26(44)14-18-28(24)34(30)41-36/h2-11,14-15,18-21,44H,12-13,16-17H2,1H3/b42-36-. The van der Waals surface area contributed by atoms with Crippen molar-refractivity contribution in [1.29, 1.82) is 0 Å². The molecule has 5 nitrogen and oxygen atoms in total. The van der Waals surface area contributed by atoms with E-state index < -0.39 is 7.40 Å². The molecule has 0 atom stereocenters. The lowest BCUT2D eigenvalue weighted by atomic mass is 9.84. The minimum Gasteiger partial charge on any atom is -0.508 e. The number of phenolic OH excluding ortho intramolecular Hbond substituents is 1. The molecule has 0 saturated carbocycles. The summed E-state index contributed by atoms with van der Waals surface area (Å²) in [7, 11) is -1.23. The van der Waals surface area contributed by atoms with Gasteiger partial charge in [-0.1, -0.05) is 60.7 Å². The van der Waals surface area contributed by atoms with Crippen molar-refractivity contribution in [2.45, 2.75) is 25.7 Å². The lowest BCUT2D eigenvalue weighted by Gasteiger charge is -2.20. The predicted octanol–water partition coefficient (Wildman–Crippen LogP) is 8.34. The van der Waals surface area contributed by atoms with E-state index >= 15 is 8.63 Å². The number of allylic oxidation sites excluding steroid dienone is 1. The van der Waals surface area contributed by atoms with Crippen LogP contribution in [0.25, 0.3) is 28.0 Å². The van der Waals surface area contributed by atoms with Gasteiger partial charge in [-0.15, -0.1) is 0 Å². The third-order valence-corrected chi connectivity index (χ3v) is 9.04. The number of hydrogen-bond acceptors (Lipinski definition) is 3. The van der Waals surface area contributed by atoms with Gasteiger partial charge < -0.3 is 14.3 Å². The Balaban J connectivity index is 1.43. The molecule has 0 amide bonds. The topological polar surface area (TPSA) is 59.1 Å². The Kier molecular flexibility index (Phi) is 6.52. The Morgan fingerprint density at radius 3 is 2.22 bits per heavy atom. The third kappa shape index (κ3) is 4.43. The number of aliphatic imine (C=N–C) groups is 2. The molecule has 0 fully saturated rings.